The number of alkyl halides is 2. The monoisotopic (exact) mass is 267 g/mol. The highest BCUT2D eigenvalue weighted by atomic mass is 19.3. The Bertz CT molecular complexity index is 532. The predicted molar refractivity (Wildman–Crippen MR) is 69.1 cm³/mol. The summed E-state index contributed by atoms with van der Waals surface area (Å²) in [4.78, 5) is 0. The zero-order valence-electron chi connectivity index (χ0n) is 10.5. The molecule has 0 amide bonds. The van der Waals surface area contributed by atoms with Crippen LogP contribution in [0.2, 0.25) is 0 Å². The summed E-state index contributed by atoms with van der Waals surface area (Å²) in [5.41, 5.74) is 1.78. The Morgan fingerprint density at radius 3 is 3.11 bits per heavy atom. The Morgan fingerprint density at radius 2 is 2.42 bits per heavy atom. The van der Waals surface area contributed by atoms with Crippen LogP contribution in [0.3, 0.4) is 0 Å². The fourth-order valence-corrected chi connectivity index (χ4v) is 1.60. The van der Waals surface area contributed by atoms with Gasteiger partial charge < -0.3 is 9.73 Å². The van der Waals surface area contributed by atoms with Crippen molar-refractivity contribution in [3.8, 4) is 0 Å². The van der Waals surface area contributed by atoms with Crippen LogP contribution in [0.15, 0.2) is 40.8 Å². The Hall–Kier alpha value is -2.11. The summed E-state index contributed by atoms with van der Waals surface area (Å²) in [5.74, 6) is 0.785. The minimum atomic E-state index is -2.40. The highest BCUT2D eigenvalue weighted by Crippen LogP contribution is 2.10. The molecule has 2 heterocycles. The van der Waals surface area contributed by atoms with Crippen molar-refractivity contribution < 1.29 is 13.2 Å². The molecule has 0 fully saturated rings. The Kier molecular flexibility index (Phi) is 4.33. The number of hydrogen-bond acceptors (Lipinski definition) is 3. The van der Waals surface area contributed by atoms with Gasteiger partial charge in [0.05, 0.1) is 18.1 Å². The van der Waals surface area contributed by atoms with Gasteiger partial charge in [-0.1, -0.05) is 5.57 Å². The molecule has 0 aliphatic carbocycles. The average Bonchev–Trinajstić information content (AvgIpc) is 2.97. The molecular formula is C13H15F2N3O. The second kappa shape index (κ2) is 6.17. The van der Waals surface area contributed by atoms with Gasteiger partial charge in [0.1, 0.15) is 12.3 Å². The molecule has 19 heavy (non-hydrogen) atoms. The molecule has 2 rings (SSSR count). The minimum absolute atomic E-state index is 0.386. The third-order valence-electron chi connectivity index (χ3n) is 2.46. The van der Waals surface area contributed by atoms with E-state index < -0.39 is 6.43 Å². The second-order valence-corrected chi connectivity index (χ2v) is 4.20. The first-order valence-corrected chi connectivity index (χ1v) is 5.88. The van der Waals surface area contributed by atoms with Gasteiger partial charge in [0, 0.05) is 12.7 Å². The quantitative estimate of drug-likeness (QED) is 0.873. The van der Waals surface area contributed by atoms with Gasteiger partial charge in [-0.3, -0.25) is 4.68 Å². The Labute approximate surface area is 109 Å². The molecule has 0 aromatic carbocycles. The van der Waals surface area contributed by atoms with Crippen LogP contribution in [0.5, 0.6) is 0 Å². The minimum Gasteiger partial charge on any atom is -0.465 e. The van der Waals surface area contributed by atoms with Gasteiger partial charge in [-0.05, 0) is 25.1 Å². The van der Waals surface area contributed by atoms with E-state index in [2.05, 4.69) is 10.4 Å². The lowest BCUT2D eigenvalue weighted by atomic mass is 10.2. The Balaban J connectivity index is 1.86. The average molecular weight is 267 g/mol. The van der Waals surface area contributed by atoms with Crippen molar-refractivity contribution in [1.29, 1.82) is 0 Å². The van der Waals surface area contributed by atoms with Crippen LogP contribution in [0.1, 0.15) is 12.7 Å². The van der Waals surface area contributed by atoms with Crippen LogP contribution in [0.25, 0.3) is 6.08 Å². The molecule has 4 nitrogen and oxygen atoms in total. The molecule has 1 N–H and O–H groups in total. The number of nitrogens with one attached hydrogen (secondary N) is 1. The molecule has 0 aliphatic rings. The van der Waals surface area contributed by atoms with E-state index in [1.165, 1.54) is 10.9 Å². The van der Waals surface area contributed by atoms with Crippen LogP contribution in [-0.4, -0.2) is 22.8 Å². The third-order valence-corrected chi connectivity index (χ3v) is 2.46. The molecule has 2 aromatic rings. The lowest BCUT2D eigenvalue weighted by Gasteiger charge is -2.03. The molecular weight excluding hydrogens is 252 g/mol. The van der Waals surface area contributed by atoms with E-state index in [9.17, 15) is 8.78 Å². The molecule has 0 atom stereocenters. The maximum Gasteiger partial charge on any atom is 0.257 e. The van der Waals surface area contributed by atoms with Crippen molar-refractivity contribution in [3.05, 3.63) is 42.1 Å². The van der Waals surface area contributed by atoms with Crippen molar-refractivity contribution >= 4 is 11.8 Å². The topological polar surface area (TPSA) is 43.0 Å². The van der Waals surface area contributed by atoms with Crippen molar-refractivity contribution in [2.24, 2.45) is 0 Å². The molecule has 0 unspecified atom stereocenters. The van der Waals surface area contributed by atoms with Gasteiger partial charge in [-0.15, -0.1) is 0 Å². The summed E-state index contributed by atoms with van der Waals surface area (Å²) in [6.07, 6.45) is 4.22. The van der Waals surface area contributed by atoms with Crippen LogP contribution < -0.4 is 5.32 Å². The number of furan rings is 1. The second-order valence-electron chi connectivity index (χ2n) is 4.20. The summed E-state index contributed by atoms with van der Waals surface area (Å²) >= 11 is 0. The maximum atomic E-state index is 12.2. The SMILES string of the molecule is C/C(=C\c1ccco1)CNc1cnn(CC(F)F)c1. The third kappa shape index (κ3) is 4.24. The van der Waals surface area contributed by atoms with Crippen molar-refractivity contribution in [2.75, 3.05) is 11.9 Å². The standard InChI is InChI=1S/C13H15F2N3O/c1-10(5-12-3-2-4-19-12)6-16-11-7-17-18(8-11)9-13(14)15/h2-5,7-8,13,16H,6,9H2,1H3/b10-5+. The summed E-state index contributed by atoms with van der Waals surface area (Å²) in [7, 11) is 0. The summed E-state index contributed by atoms with van der Waals surface area (Å²) in [5, 5.41) is 6.96. The number of rotatable bonds is 6. The van der Waals surface area contributed by atoms with Gasteiger partial charge in [-0.25, -0.2) is 8.78 Å². The van der Waals surface area contributed by atoms with E-state index in [1.807, 2.05) is 25.1 Å². The van der Waals surface area contributed by atoms with Crippen molar-refractivity contribution in [3.63, 3.8) is 0 Å². The zero-order valence-corrected chi connectivity index (χ0v) is 10.5. The first kappa shape index (κ1) is 13.3. The molecule has 0 spiro atoms. The molecule has 0 saturated carbocycles. The van der Waals surface area contributed by atoms with Gasteiger partial charge in [0.15, 0.2) is 0 Å². The fraction of sp³-hybridized carbons (Fsp3) is 0.308. The lowest BCUT2D eigenvalue weighted by Crippen LogP contribution is -2.06. The molecule has 0 bridgehead atoms. The highest BCUT2D eigenvalue weighted by molar-refractivity contribution is 5.49. The first-order chi connectivity index (χ1) is 9.13. The van der Waals surface area contributed by atoms with Crippen molar-refractivity contribution in [1.82, 2.24) is 9.78 Å². The molecule has 0 saturated heterocycles. The molecule has 0 aliphatic heterocycles. The summed E-state index contributed by atoms with van der Waals surface area (Å²) < 4.78 is 30.7. The fourth-order valence-electron chi connectivity index (χ4n) is 1.60. The van der Waals surface area contributed by atoms with Crippen LogP contribution in [0, 0.1) is 0 Å². The summed E-state index contributed by atoms with van der Waals surface area (Å²) in [6.45, 7) is 2.17. The summed E-state index contributed by atoms with van der Waals surface area (Å²) in [6, 6.07) is 3.69. The number of halogens is 2. The first-order valence-electron chi connectivity index (χ1n) is 5.88. The highest BCUT2D eigenvalue weighted by Gasteiger charge is 2.05. The maximum absolute atomic E-state index is 12.2. The van der Waals surface area contributed by atoms with E-state index >= 15 is 0 Å². The molecule has 0 radical (unpaired) electrons. The number of anilines is 1. The zero-order chi connectivity index (χ0) is 13.7. The van der Waals surface area contributed by atoms with Crippen LogP contribution in [-0.2, 0) is 6.54 Å². The predicted octanol–water partition coefficient (Wildman–Crippen LogP) is 3.26. The number of aromatic nitrogens is 2. The van der Waals surface area contributed by atoms with E-state index in [0.717, 1.165) is 11.3 Å². The van der Waals surface area contributed by atoms with Gasteiger partial charge >= 0.3 is 0 Å². The van der Waals surface area contributed by atoms with Crippen LogP contribution >= 0.6 is 0 Å². The smallest absolute Gasteiger partial charge is 0.257 e. The van der Waals surface area contributed by atoms with Crippen LogP contribution in [0.4, 0.5) is 14.5 Å². The largest absolute Gasteiger partial charge is 0.465 e. The number of hydrogen-bond donors (Lipinski definition) is 1. The molecule has 2 aromatic heterocycles. The number of nitrogens with zero attached hydrogens (tertiary/aromatic N) is 2. The van der Waals surface area contributed by atoms with Gasteiger partial charge in [-0.2, -0.15) is 5.10 Å². The van der Waals surface area contributed by atoms with E-state index in [4.69, 9.17) is 4.42 Å². The molecule has 6 heteroatoms. The van der Waals surface area contributed by atoms with Gasteiger partial charge in [0.2, 0.25) is 0 Å². The van der Waals surface area contributed by atoms with E-state index in [1.54, 1.807) is 12.5 Å². The van der Waals surface area contributed by atoms with Crippen molar-refractivity contribution in [2.45, 2.75) is 19.9 Å². The van der Waals surface area contributed by atoms with E-state index in [-0.39, 0.29) is 6.54 Å². The lowest BCUT2D eigenvalue weighted by molar-refractivity contribution is 0.122. The Morgan fingerprint density at radius 1 is 1.58 bits per heavy atom. The van der Waals surface area contributed by atoms with Gasteiger partial charge in [0.25, 0.3) is 6.43 Å². The normalized spacial score (nSPS) is 12.1. The van der Waals surface area contributed by atoms with E-state index in [0.29, 0.717) is 12.2 Å². The molecule has 102 valence electrons.